The van der Waals surface area contributed by atoms with Crippen molar-refractivity contribution in [3.05, 3.63) is 59.8 Å². The van der Waals surface area contributed by atoms with Crippen LogP contribution in [0.25, 0.3) is 11.3 Å². The Morgan fingerprint density at radius 1 is 1.00 bits per heavy atom. The molecule has 0 aliphatic heterocycles. The Morgan fingerprint density at radius 2 is 1.76 bits per heavy atom. The molecule has 2 aromatic carbocycles. The lowest BCUT2D eigenvalue weighted by Crippen LogP contribution is -1.90. The van der Waals surface area contributed by atoms with E-state index in [1.54, 1.807) is 37.6 Å². The lowest BCUT2D eigenvalue weighted by molar-refractivity contribution is 0.416. The number of hydrogen-bond donors (Lipinski definition) is 1. The fourth-order valence-corrected chi connectivity index (χ4v) is 2.15. The van der Waals surface area contributed by atoms with Crippen molar-refractivity contribution in [2.24, 2.45) is 0 Å². The van der Waals surface area contributed by atoms with Crippen molar-refractivity contribution in [2.45, 2.75) is 0 Å². The molecule has 4 nitrogen and oxygen atoms in total. The fraction of sp³-hybridized carbons (Fsp3) is 0.0625. The molecule has 0 fully saturated rings. The van der Waals surface area contributed by atoms with Crippen LogP contribution < -0.4 is 9.47 Å². The number of ether oxygens (including phenoxy) is 2. The highest BCUT2D eigenvalue weighted by atomic mass is 35.5. The van der Waals surface area contributed by atoms with Gasteiger partial charge < -0.3 is 9.47 Å². The maximum Gasteiger partial charge on any atom is 0.173 e. The highest BCUT2D eigenvalue weighted by Gasteiger charge is 2.14. The van der Waals surface area contributed by atoms with Gasteiger partial charge in [0.05, 0.1) is 13.3 Å². The molecule has 0 saturated heterocycles. The first kappa shape index (κ1) is 13.5. The molecular formula is C16H13ClN2O2. The number of rotatable bonds is 4. The molecule has 0 saturated carbocycles. The molecule has 3 aromatic rings. The van der Waals surface area contributed by atoms with Crippen LogP contribution in [0.5, 0.6) is 17.2 Å². The average molecular weight is 301 g/mol. The van der Waals surface area contributed by atoms with E-state index in [2.05, 4.69) is 10.2 Å². The fourth-order valence-electron chi connectivity index (χ4n) is 2.02. The molecule has 3 rings (SSSR count). The summed E-state index contributed by atoms with van der Waals surface area (Å²) in [6.07, 6.45) is 1.70. The van der Waals surface area contributed by atoms with Crippen LogP contribution in [0, 0.1) is 0 Å². The number of hydrogen-bond acceptors (Lipinski definition) is 3. The second-order valence-electron chi connectivity index (χ2n) is 4.35. The lowest BCUT2D eigenvalue weighted by atomic mass is 10.1. The van der Waals surface area contributed by atoms with Crippen molar-refractivity contribution in [3.8, 4) is 28.5 Å². The number of nitrogens with zero attached hydrogens (tertiary/aromatic N) is 1. The van der Waals surface area contributed by atoms with E-state index in [9.17, 15) is 0 Å². The number of aromatic amines is 1. The first-order valence-electron chi connectivity index (χ1n) is 6.38. The summed E-state index contributed by atoms with van der Waals surface area (Å²) in [7, 11) is 1.63. The monoisotopic (exact) mass is 300 g/mol. The molecule has 106 valence electrons. The van der Waals surface area contributed by atoms with Gasteiger partial charge in [-0.15, -0.1) is 0 Å². The Morgan fingerprint density at radius 3 is 2.52 bits per heavy atom. The smallest absolute Gasteiger partial charge is 0.173 e. The zero-order valence-electron chi connectivity index (χ0n) is 11.3. The summed E-state index contributed by atoms with van der Waals surface area (Å²) in [5.41, 5.74) is 1.56. The van der Waals surface area contributed by atoms with Gasteiger partial charge in [-0.2, -0.15) is 5.10 Å². The number of benzene rings is 2. The molecule has 0 aliphatic carbocycles. The largest absolute Gasteiger partial charge is 0.496 e. The molecule has 0 atom stereocenters. The van der Waals surface area contributed by atoms with Crippen molar-refractivity contribution in [1.82, 2.24) is 10.2 Å². The molecule has 1 aromatic heterocycles. The van der Waals surface area contributed by atoms with Crippen LogP contribution in [0.3, 0.4) is 0 Å². The maximum atomic E-state index is 5.87. The number of nitrogens with one attached hydrogen (secondary N) is 1. The van der Waals surface area contributed by atoms with E-state index in [0.29, 0.717) is 22.2 Å². The second-order valence-corrected chi connectivity index (χ2v) is 4.79. The van der Waals surface area contributed by atoms with Gasteiger partial charge in [-0.25, -0.2) is 0 Å². The first-order valence-corrected chi connectivity index (χ1v) is 6.76. The van der Waals surface area contributed by atoms with Crippen molar-refractivity contribution in [1.29, 1.82) is 0 Å². The van der Waals surface area contributed by atoms with Crippen LogP contribution in [-0.2, 0) is 0 Å². The van der Waals surface area contributed by atoms with E-state index in [4.69, 9.17) is 21.1 Å². The Bertz CT molecular complexity index is 738. The van der Waals surface area contributed by atoms with Gasteiger partial charge in [0.15, 0.2) is 5.75 Å². The highest BCUT2D eigenvalue weighted by Crippen LogP contribution is 2.36. The number of H-pyrrole nitrogens is 1. The molecule has 0 unspecified atom stereocenters. The summed E-state index contributed by atoms with van der Waals surface area (Å²) < 4.78 is 11.2. The third-order valence-electron chi connectivity index (χ3n) is 3.01. The van der Waals surface area contributed by atoms with E-state index in [1.165, 1.54) is 0 Å². The van der Waals surface area contributed by atoms with E-state index < -0.39 is 0 Å². The molecule has 1 heterocycles. The topological polar surface area (TPSA) is 47.1 Å². The molecule has 0 amide bonds. The minimum Gasteiger partial charge on any atom is -0.496 e. The summed E-state index contributed by atoms with van der Waals surface area (Å²) in [5, 5.41) is 7.74. The Hall–Kier alpha value is -2.46. The predicted molar refractivity (Wildman–Crippen MR) is 82.1 cm³/mol. The van der Waals surface area contributed by atoms with Crippen molar-refractivity contribution in [2.75, 3.05) is 7.11 Å². The van der Waals surface area contributed by atoms with Gasteiger partial charge in [0.1, 0.15) is 17.2 Å². The third-order valence-corrected chi connectivity index (χ3v) is 3.26. The van der Waals surface area contributed by atoms with Gasteiger partial charge >= 0.3 is 0 Å². The van der Waals surface area contributed by atoms with Crippen molar-refractivity contribution >= 4 is 11.6 Å². The summed E-state index contributed by atoms with van der Waals surface area (Å²) >= 11 is 5.87. The first-order chi connectivity index (χ1) is 10.3. The lowest BCUT2D eigenvalue weighted by Gasteiger charge is -2.09. The predicted octanol–water partition coefficient (Wildman–Crippen LogP) is 4.53. The van der Waals surface area contributed by atoms with Crippen LogP contribution in [0.4, 0.5) is 0 Å². The molecular weight excluding hydrogens is 288 g/mol. The van der Waals surface area contributed by atoms with E-state index >= 15 is 0 Å². The minimum atomic E-state index is 0.627. The van der Waals surface area contributed by atoms with Gasteiger partial charge in [-0.05, 0) is 36.4 Å². The molecule has 21 heavy (non-hydrogen) atoms. The van der Waals surface area contributed by atoms with E-state index in [-0.39, 0.29) is 0 Å². The zero-order chi connectivity index (χ0) is 14.7. The van der Waals surface area contributed by atoms with Gasteiger partial charge in [-0.1, -0.05) is 23.7 Å². The molecule has 0 spiro atoms. The SMILES string of the molecule is COc1ccccc1-c1n[nH]cc1Oc1ccc(Cl)cc1. The second kappa shape index (κ2) is 5.89. The van der Waals surface area contributed by atoms with Crippen LogP contribution in [0.15, 0.2) is 54.7 Å². The van der Waals surface area contributed by atoms with Crippen molar-refractivity contribution in [3.63, 3.8) is 0 Å². The van der Waals surface area contributed by atoms with Gasteiger partial charge in [0.2, 0.25) is 0 Å². The van der Waals surface area contributed by atoms with Crippen LogP contribution in [-0.4, -0.2) is 17.3 Å². The van der Waals surface area contributed by atoms with Gasteiger partial charge in [0, 0.05) is 10.6 Å². The maximum absolute atomic E-state index is 5.87. The standard InChI is InChI=1S/C16H13ClN2O2/c1-20-14-5-3-2-4-13(14)16-15(10-18-19-16)21-12-8-6-11(17)7-9-12/h2-10H,1H3,(H,18,19). The van der Waals surface area contributed by atoms with Crippen molar-refractivity contribution < 1.29 is 9.47 Å². The van der Waals surface area contributed by atoms with E-state index in [1.807, 2.05) is 24.3 Å². The highest BCUT2D eigenvalue weighted by molar-refractivity contribution is 6.30. The zero-order valence-corrected chi connectivity index (χ0v) is 12.1. The summed E-state index contributed by atoms with van der Waals surface area (Å²) in [6, 6.07) is 14.8. The van der Waals surface area contributed by atoms with E-state index in [0.717, 1.165) is 11.3 Å². The minimum absolute atomic E-state index is 0.627. The molecule has 0 bridgehead atoms. The summed E-state index contributed by atoms with van der Waals surface area (Å²) in [4.78, 5) is 0. The number of para-hydroxylation sites is 1. The van der Waals surface area contributed by atoms with Gasteiger partial charge in [0.25, 0.3) is 0 Å². The normalized spacial score (nSPS) is 10.4. The van der Waals surface area contributed by atoms with Crippen LogP contribution >= 0.6 is 11.6 Å². The van der Waals surface area contributed by atoms with Crippen LogP contribution in [0.1, 0.15) is 0 Å². The molecule has 5 heteroatoms. The van der Waals surface area contributed by atoms with Gasteiger partial charge in [-0.3, -0.25) is 5.10 Å². The molecule has 0 radical (unpaired) electrons. The summed E-state index contributed by atoms with van der Waals surface area (Å²) in [5.74, 6) is 2.06. The number of methoxy groups -OCH3 is 1. The average Bonchev–Trinajstić information content (AvgIpc) is 2.97. The Balaban J connectivity index is 1.95. The molecule has 1 N–H and O–H groups in total. The quantitative estimate of drug-likeness (QED) is 0.770. The summed E-state index contributed by atoms with van der Waals surface area (Å²) in [6.45, 7) is 0. The van der Waals surface area contributed by atoms with Crippen LogP contribution in [0.2, 0.25) is 5.02 Å². The molecule has 0 aliphatic rings. The number of halogens is 1. The third kappa shape index (κ3) is 2.85. The number of aromatic nitrogens is 2. The Kier molecular flexibility index (Phi) is 3.79. The Labute approximate surface area is 127 Å².